The second-order valence-corrected chi connectivity index (χ2v) is 2.24. The second kappa shape index (κ2) is 5.13. The number of carbonyl (C=O) groups is 1. The van der Waals surface area contributed by atoms with E-state index in [9.17, 15) is 4.79 Å². The molecule has 0 aliphatic carbocycles. The van der Waals surface area contributed by atoms with Crippen LogP contribution in [0, 0.1) is 0 Å². The molecule has 0 saturated carbocycles. The molecule has 0 N–H and O–H groups in total. The van der Waals surface area contributed by atoms with Crippen molar-refractivity contribution >= 4 is 12.5 Å². The minimum Gasteiger partial charge on any atom is -0.464 e. The Labute approximate surface area is 71.5 Å². The summed E-state index contributed by atoms with van der Waals surface area (Å²) in [4.78, 5) is 9.76. The Balaban J connectivity index is 2.41. The minimum absolute atomic E-state index is 0.332. The first kappa shape index (κ1) is 8.53. The summed E-state index contributed by atoms with van der Waals surface area (Å²) in [5, 5.41) is 0. The summed E-state index contributed by atoms with van der Waals surface area (Å²) in [7, 11) is 0. The molecule has 2 nitrogen and oxygen atoms in total. The van der Waals surface area contributed by atoms with E-state index >= 15 is 0 Å². The van der Waals surface area contributed by atoms with Crippen LogP contribution in [-0.4, -0.2) is 13.1 Å². The smallest absolute Gasteiger partial charge is 0.293 e. The van der Waals surface area contributed by atoms with Crippen LogP contribution >= 0.6 is 0 Å². The number of rotatable bonds is 4. The van der Waals surface area contributed by atoms with Crippen molar-refractivity contribution in [1.82, 2.24) is 0 Å². The lowest BCUT2D eigenvalue weighted by atomic mass is 10.2. The Bertz CT molecular complexity index is 252. The highest BCUT2D eigenvalue weighted by molar-refractivity contribution is 5.49. The zero-order valence-corrected chi connectivity index (χ0v) is 6.64. The van der Waals surface area contributed by atoms with Gasteiger partial charge in [-0.3, -0.25) is 4.79 Å². The maximum absolute atomic E-state index is 9.76. The molecule has 0 amide bonds. The van der Waals surface area contributed by atoms with Gasteiger partial charge in [0.2, 0.25) is 0 Å². The summed E-state index contributed by atoms with van der Waals surface area (Å²) in [6.07, 6.45) is 3.70. The van der Waals surface area contributed by atoms with E-state index in [1.54, 1.807) is 6.08 Å². The molecule has 0 heterocycles. The molecule has 0 unspecified atom stereocenters. The van der Waals surface area contributed by atoms with E-state index in [4.69, 9.17) is 0 Å². The molecule has 0 fully saturated rings. The third kappa shape index (κ3) is 3.01. The van der Waals surface area contributed by atoms with Crippen molar-refractivity contribution in [1.29, 1.82) is 0 Å². The lowest BCUT2D eigenvalue weighted by molar-refractivity contribution is -0.127. The predicted octanol–water partition coefficient (Wildman–Crippen LogP) is 1.87. The second-order valence-electron chi connectivity index (χ2n) is 2.24. The fraction of sp³-hybridized carbons (Fsp3) is 0.100. The van der Waals surface area contributed by atoms with E-state index in [0.29, 0.717) is 13.1 Å². The van der Waals surface area contributed by atoms with Gasteiger partial charge in [-0.1, -0.05) is 36.4 Å². The molecule has 0 atom stereocenters. The molecule has 12 heavy (non-hydrogen) atoms. The van der Waals surface area contributed by atoms with Gasteiger partial charge >= 0.3 is 0 Å². The molecular formula is C10H10O2. The number of benzene rings is 1. The summed E-state index contributed by atoms with van der Waals surface area (Å²) >= 11 is 0. The van der Waals surface area contributed by atoms with Crippen LogP contribution in [-0.2, 0) is 9.53 Å². The molecule has 0 saturated heterocycles. The lowest BCUT2D eigenvalue weighted by Crippen LogP contribution is -1.84. The maximum atomic E-state index is 9.76. The Morgan fingerprint density at radius 2 is 2.00 bits per heavy atom. The molecule has 0 aliphatic rings. The molecule has 0 spiro atoms. The first-order chi connectivity index (χ1) is 5.93. The maximum Gasteiger partial charge on any atom is 0.293 e. The van der Waals surface area contributed by atoms with E-state index in [-0.39, 0.29) is 0 Å². The van der Waals surface area contributed by atoms with Crippen LogP contribution in [0.3, 0.4) is 0 Å². The van der Waals surface area contributed by atoms with Crippen LogP contribution in [0.25, 0.3) is 6.08 Å². The van der Waals surface area contributed by atoms with E-state index in [2.05, 4.69) is 4.74 Å². The Hall–Kier alpha value is -1.57. The topological polar surface area (TPSA) is 26.3 Å². The van der Waals surface area contributed by atoms with Gasteiger partial charge in [0, 0.05) is 0 Å². The molecule has 1 aromatic carbocycles. The third-order valence-corrected chi connectivity index (χ3v) is 1.37. The lowest BCUT2D eigenvalue weighted by Gasteiger charge is -1.91. The van der Waals surface area contributed by atoms with Crippen molar-refractivity contribution in [3.05, 3.63) is 42.0 Å². The fourth-order valence-corrected chi connectivity index (χ4v) is 0.843. The molecule has 62 valence electrons. The monoisotopic (exact) mass is 162 g/mol. The normalized spacial score (nSPS) is 10.0. The standard InChI is InChI=1S/C10H10O2/c11-9-12-8-4-7-10-5-2-1-3-6-10/h1-7,9H,8H2. The zero-order chi connectivity index (χ0) is 8.65. The predicted molar refractivity (Wildman–Crippen MR) is 47.5 cm³/mol. The fourth-order valence-electron chi connectivity index (χ4n) is 0.843. The molecular weight excluding hydrogens is 152 g/mol. The van der Waals surface area contributed by atoms with Crippen LogP contribution in [0.4, 0.5) is 0 Å². The van der Waals surface area contributed by atoms with Crippen molar-refractivity contribution in [3.63, 3.8) is 0 Å². The molecule has 1 rings (SSSR count). The van der Waals surface area contributed by atoms with Crippen molar-refractivity contribution in [2.45, 2.75) is 0 Å². The number of ether oxygens (including phenoxy) is 1. The van der Waals surface area contributed by atoms with E-state index in [0.717, 1.165) is 5.56 Å². The van der Waals surface area contributed by atoms with Crippen LogP contribution in [0.5, 0.6) is 0 Å². The average molecular weight is 162 g/mol. The molecule has 0 radical (unpaired) electrons. The van der Waals surface area contributed by atoms with Crippen molar-refractivity contribution < 1.29 is 9.53 Å². The molecule has 2 heteroatoms. The number of hydrogen-bond acceptors (Lipinski definition) is 2. The highest BCUT2D eigenvalue weighted by Crippen LogP contribution is 1.99. The van der Waals surface area contributed by atoms with Crippen LogP contribution < -0.4 is 0 Å². The van der Waals surface area contributed by atoms with Crippen molar-refractivity contribution in [2.24, 2.45) is 0 Å². The van der Waals surface area contributed by atoms with E-state index in [1.807, 2.05) is 36.4 Å². The number of hydrogen-bond donors (Lipinski definition) is 0. The van der Waals surface area contributed by atoms with Crippen LogP contribution in [0.2, 0.25) is 0 Å². The van der Waals surface area contributed by atoms with E-state index in [1.165, 1.54) is 0 Å². The summed E-state index contributed by atoms with van der Waals surface area (Å²) in [6.45, 7) is 0.772. The highest BCUT2D eigenvalue weighted by Gasteiger charge is 1.81. The molecule has 0 aliphatic heterocycles. The van der Waals surface area contributed by atoms with Gasteiger partial charge in [-0.15, -0.1) is 0 Å². The SMILES string of the molecule is O=COCC=Cc1ccccc1. The minimum atomic E-state index is 0.332. The highest BCUT2D eigenvalue weighted by atomic mass is 16.5. The Morgan fingerprint density at radius 1 is 1.25 bits per heavy atom. The molecule has 0 bridgehead atoms. The average Bonchev–Trinajstić information content (AvgIpc) is 2.14. The molecule has 1 aromatic rings. The summed E-state index contributed by atoms with van der Waals surface area (Å²) < 4.78 is 4.49. The first-order valence-corrected chi connectivity index (χ1v) is 3.70. The van der Waals surface area contributed by atoms with Crippen molar-refractivity contribution in [3.8, 4) is 0 Å². The van der Waals surface area contributed by atoms with Gasteiger partial charge in [-0.05, 0) is 11.6 Å². The third-order valence-electron chi connectivity index (χ3n) is 1.37. The van der Waals surface area contributed by atoms with Crippen LogP contribution in [0.1, 0.15) is 5.56 Å². The van der Waals surface area contributed by atoms with Gasteiger partial charge < -0.3 is 4.74 Å². The van der Waals surface area contributed by atoms with Gasteiger partial charge in [0.05, 0.1) is 0 Å². The van der Waals surface area contributed by atoms with Crippen LogP contribution in [0.15, 0.2) is 36.4 Å². The van der Waals surface area contributed by atoms with Gasteiger partial charge in [-0.25, -0.2) is 0 Å². The summed E-state index contributed by atoms with van der Waals surface area (Å²) in [6, 6.07) is 9.84. The Morgan fingerprint density at radius 3 is 2.67 bits per heavy atom. The zero-order valence-electron chi connectivity index (χ0n) is 6.64. The van der Waals surface area contributed by atoms with Gasteiger partial charge in [0.15, 0.2) is 0 Å². The first-order valence-electron chi connectivity index (χ1n) is 3.70. The van der Waals surface area contributed by atoms with Gasteiger partial charge in [0.25, 0.3) is 6.47 Å². The summed E-state index contributed by atoms with van der Waals surface area (Å²) in [5.74, 6) is 0. The quantitative estimate of drug-likeness (QED) is 0.499. The Kier molecular flexibility index (Phi) is 3.64. The summed E-state index contributed by atoms with van der Waals surface area (Å²) in [5.41, 5.74) is 1.10. The van der Waals surface area contributed by atoms with Gasteiger partial charge in [-0.2, -0.15) is 0 Å². The molecule has 0 aromatic heterocycles. The van der Waals surface area contributed by atoms with E-state index < -0.39 is 0 Å². The van der Waals surface area contributed by atoms with Gasteiger partial charge in [0.1, 0.15) is 6.61 Å². The largest absolute Gasteiger partial charge is 0.464 e. The van der Waals surface area contributed by atoms with Crippen molar-refractivity contribution in [2.75, 3.05) is 6.61 Å². The number of carbonyl (C=O) groups excluding carboxylic acids is 1.